The van der Waals surface area contributed by atoms with Crippen molar-refractivity contribution in [2.24, 2.45) is 0 Å². The summed E-state index contributed by atoms with van der Waals surface area (Å²) in [6.07, 6.45) is 9.22. The molecule has 0 aliphatic heterocycles. The van der Waals surface area contributed by atoms with Gasteiger partial charge in [-0.3, -0.25) is 4.79 Å². The average molecular weight is 262 g/mol. The normalized spacial score (nSPS) is 16.6. The lowest BCUT2D eigenvalue weighted by Gasteiger charge is -2.35. The lowest BCUT2D eigenvalue weighted by Crippen LogP contribution is -2.36. The molecule has 0 radical (unpaired) electrons. The van der Waals surface area contributed by atoms with Crippen LogP contribution in [0, 0.1) is 6.92 Å². The Morgan fingerprint density at radius 2 is 2.00 bits per heavy atom. The van der Waals surface area contributed by atoms with E-state index < -0.39 is 0 Å². The van der Waals surface area contributed by atoms with Gasteiger partial charge in [-0.15, -0.1) is 0 Å². The minimum Gasteiger partial charge on any atom is -0.367 e. The fourth-order valence-electron chi connectivity index (χ4n) is 3.27. The third kappa shape index (κ3) is 2.85. The Hall–Kier alpha value is -1.25. The number of ketones is 1. The molecule has 2 rings (SSSR count). The molecule has 1 fully saturated rings. The van der Waals surface area contributed by atoms with Crippen LogP contribution in [-0.4, -0.2) is 23.4 Å². The maximum Gasteiger partial charge on any atom is 0.179 e. The van der Waals surface area contributed by atoms with E-state index >= 15 is 0 Å². The molecular weight excluding hydrogens is 236 g/mol. The Kier molecular flexibility index (Phi) is 4.67. The SMILES string of the molecule is CCC(=O)c1[nH]cc(N(CC)C2CCCCC2)c1C. The quantitative estimate of drug-likeness (QED) is 0.812. The molecule has 0 spiro atoms. The molecule has 1 aliphatic carbocycles. The monoisotopic (exact) mass is 262 g/mol. The zero-order valence-corrected chi connectivity index (χ0v) is 12.5. The molecule has 0 bridgehead atoms. The van der Waals surface area contributed by atoms with E-state index in [1.165, 1.54) is 37.8 Å². The van der Waals surface area contributed by atoms with E-state index in [4.69, 9.17) is 0 Å². The molecule has 1 aromatic rings. The fraction of sp³-hybridized carbons (Fsp3) is 0.688. The number of nitrogens with zero attached hydrogens (tertiary/aromatic N) is 1. The van der Waals surface area contributed by atoms with Gasteiger partial charge in [-0.2, -0.15) is 0 Å². The maximum absolute atomic E-state index is 11.9. The molecule has 0 saturated heterocycles. The highest BCUT2D eigenvalue weighted by Gasteiger charge is 2.23. The standard InChI is InChI=1S/C16H26N2O/c1-4-15(19)16-12(3)14(11-17-16)18(5-2)13-9-7-6-8-10-13/h11,13,17H,4-10H2,1-3H3. The van der Waals surface area contributed by atoms with Gasteiger partial charge in [0.15, 0.2) is 5.78 Å². The van der Waals surface area contributed by atoms with Crippen molar-refractivity contribution in [2.45, 2.75) is 65.3 Å². The Balaban J connectivity index is 2.23. The predicted molar refractivity (Wildman–Crippen MR) is 80.0 cm³/mol. The van der Waals surface area contributed by atoms with Crippen LogP contribution in [0.4, 0.5) is 5.69 Å². The van der Waals surface area contributed by atoms with Crippen molar-refractivity contribution in [1.29, 1.82) is 0 Å². The van der Waals surface area contributed by atoms with Gasteiger partial charge in [0.2, 0.25) is 0 Å². The number of Topliss-reactive ketones (excluding diaryl/α,β-unsaturated/α-hetero) is 1. The number of H-pyrrole nitrogens is 1. The van der Waals surface area contributed by atoms with Gasteiger partial charge >= 0.3 is 0 Å². The lowest BCUT2D eigenvalue weighted by atomic mass is 9.93. The first kappa shape index (κ1) is 14.2. The second-order valence-electron chi connectivity index (χ2n) is 5.53. The van der Waals surface area contributed by atoms with Crippen molar-refractivity contribution in [3.05, 3.63) is 17.5 Å². The molecule has 3 heteroatoms. The molecule has 19 heavy (non-hydrogen) atoms. The molecule has 1 heterocycles. The number of aromatic nitrogens is 1. The highest BCUT2D eigenvalue weighted by molar-refractivity contribution is 5.97. The van der Waals surface area contributed by atoms with Crippen LogP contribution in [0.5, 0.6) is 0 Å². The molecule has 1 saturated carbocycles. The zero-order chi connectivity index (χ0) is 13.8. The van der Waals surface area contributed by atoms with Crippen LogP contribution in [0.3, 0.4) is 0 Å². The second kappa shape index (κ2) is 6.27. The molecule has 0 unspecified atom stereocenters. The summed E-state index contributed by atoms with van der Waals surface area (Å²) in [4.78, 5) is 17.6. The topological polar surface area (TPSA) is 36.1 Å². The molecular formula is C16H26N2O. The Morgan fingerprint density at radius 1 is 1.32 bits per heavy atom. The predicted octanol–water partition coefficient (Wildman–Crippen LogP) is 4.07. The van der Waals surface area contributed by atoms with E-state index in [9.17, 15) is 4.79 Å². The average Bonchev–Trinajstić information content (AvgIpc) is 2.82. The summed E-state index contributed by atoms with van der Waals surface area (Å²) in [5, 5.41) is 0. The van der Waals surface area contributed by atoms with E-state index in [0.29, 0.717) is 12.5 Å². The number of aromatic amines is 1. The lowest BCUT2D eigenvalue weighted by molar-refractivity contribution is 0.0983. The minimum atomic E-state index is 0.212. The summed E-state index contributed by atoms with van der Waals surface area (Å²) >= 11 is 0. The van der Waals surface area contributed by atoms with Crippen LogP contribution in [0.1, 0.15) is 68.4 Å². The third-order valence-corrected chi connectivity index (χ3v) is 4.38. The molecule has 1 aliphatic rings. The van der Waals surface area contributed by atoms with Gasteiger partial charge < -0.3 is 9.88 Å². The fourth-order valence-corrected chi connectivity index (χ4v) is 3.27. The maximum atomic E-state index is 11.9. The summed E-state index contributed by atoms with van der Waals surface area (Å²) in [6.45, 7) is 7.21. The van der Waals surface area contributed by atoms with Crippen molar-refractivity contribution >= 4 is 11.5 Å². The molecule has 0 amide bonds. The van der Waals surface area contributed by atoms with E-state index in [1.807, 2.05) is 13.1 Å². The van der Waals surface area contributed by atoms with Gasteiger partial charge in [-0.05, 0) is 26.7 Å². The highest BCUT2D eigenvalue weighted by Crippen LogP contribution is 2.30. The smallest absolute Gasteiger partial charge is 0.179 e. The van der Waals surface area contributed by atoms with E-state index in [0.717, 1.165) is 17.8 Å². The Bertz CT molecular complexity index is 430. The van der Waals surface area contributed by atoms with Crippen molar-refractivity contribution in [3.63, 3.8) is 0 Å². The number of hydrogen-bond donors (Lipinski definition) is 1. The molecule has 3 nitrogen and oxygen atoms in total. The second-order valence-corrected chi connectivity index (χ2v) is 5.53. The molecule has 1 aromatic heterocycles. The van der Waals surface area contributed by atoms with E-state index in [1.54, 1.807) is 0 Å². The van der Waals surface area contributed by atoms with Crippen LogP contribution in [-0.2, 0) is 0 Å². The van der Waals surface area contributed by atoms with Gasteiger partial charge in [0, 0.05) is 30.8 Å². The summed E-state index contributed by atoms with van der Waals surface area (Å²) in [5.74, 6) is 0.212. The van der Waals surface area contributed by atoms with Gasteiger partial charge in [-0.25, -0.2) is 0 Å². The molecule has 0 atom stereocenters. The van der Waals surface area contributed by atoms with Crippen LogP contribution in [0.25, 0.3) is 0 Å². The largest absolute Gasteiger partial charge is 0.367 e. The number of rotatable bonds is 5. The van der Waals surface area contributed by atoms with Crippen molar-refractivity contribution < 1.29 is 4.79 Å². The summed E-state index contributed by atoms with van der Waals surface area (Å²) in [6, 6.07) is 0.651. The summed E-state index contributed by atoms with van der Waals surface area (Å²) in [5.41, 5.74) is 3.15. The third-order valence-electron chi connectivity index (χ3n) is 4.38. The Labute approximate surface area is 116 Å². The summed E-state index contributed by atoms with van der Waals surface area (Å²) < 4.78 is 0. The molecule has 106 valence electrons. The first-order valence-electron chi connectivity index (χ1n) is 7.66. The number of carbonyl (C=O) groups is 1. The number of anilines is 1. The number of hydrogen-bond acceptors (Lipinski definition) is 2. The molecule has 1 N–H and O–H groups in total. The minimum absolute atomic E-state index is 0.212. The van der Waals surface area contributed by atoms with E-state index in [-0.39, 0.29) is 5.78 Å². The number of nitrogens with one attached hydrogen (secondary N) is 1. The van der Waals surface area contributed by atoms with Crippen LogP contribution in [0.2, 0.25) is 0 Å². The van der Waals surface area contributed by atoms with Crippen molar-refractivity contribution in [1.82, 2.24) is 4.98 Å². The van der Waals surface area contributed by atoms with Crippen LogP contribution >= 0.6 is 0 Å². The Morgan fingerprint density at radius 3 is 2.58 bits per heavy atom. The van der Waals surface area contributed by atoms with Crippen LogP contribution < -0.4 is 4.90 Å². The van der Waals surface area contributed by atoms with Crippen LogP contribution in [0.15, 0.2) is 6.20 Å². The zero-order valence-electron chi connectivity index (χ0n) is 12.5. The number of carbonyl (C=O) groups excluding carboxylic acids is 1. The van der Waals surface area contributed by atoms with Gasteiger partial charge in [0.1, 0.15) is 0 Å². The van der Waals surface area contributed by atoms with Crippen molar-refractivity contribution in [2.75, 3.05) is 11.4 Å². The highest BCUT2D eigenvalue weighted by atomic mass is 16.1. The first-order valence-corrected chi connectivity index (χ1v) is 7.66. The van der Waals surface area contributed by atoms with Gasteiger partial charge in [0.25, 0.3) is 0 Å². The van der Waals surface area contributed by atoms with Gasteiger partial charge in [-0.1, -0.05) is 26.2 Å². The first-order chi connectivity index (χ1) is 9.19. The summed E-state index contributed by atoms with van der Waals surface area (Å²) in [7, 11) is 0. The molecule has 0 aromatic carbocycles. The van der Waals surface area contributed by atoms with E-state index in [2.05, 4.69) is 23.7 Å². The van der Waals surface area contributed by atoms with Gasteiger partial charge in [0.05, 0.1) is 11.4 Å². The van der Waals surface area contributed by atoms with Crippen molar-refractivity contribution in [3.8, 4) is 0 Å².